The lowest BCUT2D eigenvalue weighted by molar-refractivity contribution is 0.539. The summed E-state index contributed by atoms with van der Waals surface area (Å²) in [6.45, 7) is 8.32. The number of hydrogen-bond acceptors (Lipinski definition) is 1. The van der Waals surface area contributed by atoms with Crippen LogP contribution in [0.4, 0.5) is 10.1 Å². The van der Waals surface area contributed by atoms with Crippen LogP contribution in [-0.2, 0) is 0 Å². The monoisotopic (exact) mass is 209 g/mol. The van der Waals surface area contributed by atoms with E-state index in [2.05, 4.69) is 26.1 Å². The fourth-order valence-corrected chi connectivity index (χ4v) is 1.80. The lowest BCUT2D eigenvalue weighted by Crippen LogP contribution is -2.18. The Kier molecular flexibility index (Phi) is 4.13. The molecule has 0 spiro atoms. The van der Waals surface area contributed by atoms with Gasteiger partial charge in [-0.15, -0.1) is 0 Å². The van der Waals surface area contributed by atoms with Crippen molar-refractivity contribution in [1.82, 2.24) is 0 Å². The summed E-state index contributed by atoms with van der Waals surface area (Å²) in [6, 6.07) is 5.54. The van der Waals surface area contributed by atoms with Gasteiger partial charge in [0.15, 0.2) is 0 Å². The van der Waals surface area contributed by atoms with Gasteiger partial charge < -0.3 is 5.32 Å². The van der Waals surface area contributed by atoms with Crippen LogP contribution in [0, 0.1) is 18.7 Å². The molecule has 0 heterocycles. The van der Waals surface area contributed by atoms with Crippen molar-refractivity contribution < 1.29 is 4.39 Å². The predicted molar refractivity (Wildman–Crippen MR) is 63.7 cm³/mol. The fourth-order valence-electron chi connectivity index (χ4n) is 1.80. The topological polar surface area (TPSA) is 12.0 Å². The van der Waals surface area contributed by atoms with E-state index in [-0.39, 0.29) is 5.82 Å². The second-order valence-electron chi connectivity index (χ2n) is 4.59. The molecule has 1 nitrogen and oxygen atoms in total. The Morgan fingerprint density at radius 1 is 1.27 bits per heavy atom. The number of halogens is 1. The third-order valence-electron chi connectivity index (χ3n) is 2.49. The maximum Gasteiger partial charge on any atom is 0.128 e. The van der Waals surface area contributed by atoms with Crippen molar-refractivity contribution in [3.63, 3.8) is 0 Å². The van der Waals surface area contributed by atoms with Gasteiger partial charge in [-0.1, -0.05) is 19.9 Å². The summed E-state index contributed by atoms with van der Waals surface area (Å²) in [5, 5.41) is 3.34. The van der Waals surface area contributed by atoms with Gasteiger partial charge in [-0.05, 0) is 38.3 Å². The van der Waals surface area contributed by atoms with Crippen LogP contribution < -0.4 is 5.32 Å². The molecular weight excluding hydrogens is 189 g/mol. The number of nitrogens with one attached hydrogen (secondary N) is 1. The van der Waals surface area contributed by atoms with E-state index in [1.54, 1.807) is 13.0 Å². The van der Waals surface area contributed by atoms with Crippen molar-refractivity contribution in [2.75, 3.05) is 5.32 Å². The van der Waals surface area contributed by atoms with Crippen LogP contribution in [0.5, 0.6) is 0 Å². The molecule has 0 radical (unpaired) electrons. The quantitative estimate of drug-likeness (QED) is 0.791. The molecular formula is C13H20FN. The van der Waals surface area contributed by atoms with Gasteiger partial charge in [-0.3, -0.25) is 0 Å². The van der Waals surface area contributed by atoms with Crippen molar-refractivity contribution in [3.8, 4) is 0 Å². The van der Waals surface area contributed by atoms with E-state index < -0.39 is 0 Å². The second-order valence-corrected chi connectivity index (χ2v) is 4.59. The van der Waals surface area contributed by atoms with E-state index in [0.717, 1.165) is 12.1 Å². The molecule has 1 N–H and O–H groups in total. The summed E-state index contributed by atoms with van der Waals surface area (Å²) in [5.74, 6) is 0.512. The van der Waals surface area contributed by atoms with E-state index in [1.807, 2.05) is 6.07 Å². The predicted octanol–water partition coefficient (Wildman–Crippen LogP) is 3.98. The normalized spacial score (nSPS) is 12.9. The summed E-state index contributed by atoms with van der Waals surface area (Å²) >= 11 is 0. The Bertz CT molecular complexity index is 320. The summed E-state index contributed by atoms with van der Waals surface area (Å²) < 4.78 is 13.3. The number of anilines is 1. The number of hydrogen-bond donors (Lipinski definition) is 1. The molecule has 0 saturated heterocycles. The largest absolute Gasteiger partial charge is 0.382 e. The first-order valence-electron chi connectivity index (χ1n) is 5.52. The van der Waals surface area contributed by atoms with Gasteiger partial charge in [-0.2, -0.15) is 0 Å². The molecule has 2 heteroatoms. The molecule has 0 amide bonds. The summed E-state index contributed by atoms with van der Waals surface area (Å²) in [5.41, 5.74) is 1.61. The molecule has 84 valence electrons. The van der Waals surface area contributed by atoms with Crippen LogP contribution in [0.2, 0.25) is 0 Å². The fraction of sp³-hybridized carbons (Fsp3) is 0.538. The van der Waals surface area contributed by atoms with E-state index in [4.69, 9.17) is 0 Å². The Labute approximate surface area is 91.7 Å². The van der Waals surface area contributed by atoms with Crippen molar-refractivity contribution in [2.45, 2.75) is 40.2 Å². The molecule has 0 aliphatic rings. The number of rotatable bonds is 4. The average molecular weight is 209 g/mol. The Morgan fingerprint density at radius 3 is 2.53 bits per heavy atom. The molecule has 0 aliphatic heterocycles. The third-order valence-corrected chi connectivity index (χ3v) is 2.49. The third kappa shape index (κ3) is 3.54. The van der Waals surface area contributed by atoms with E-state index in [9.17, 15) is 4.39 Å². The summed E-state index contributed by atoms with van der Waals surface area (Å²) in [4.78, 5) is 0. The van der Waals surface area contributed by atoms with Crippen molar-refractivity contribution in [1.29, 1.82) is 0 Å². The standard InChI is InChI=1S/C13H20FN/c1-9(2)8-10(3)15-13-7-5-6-12(14)11(13)4/h5-7,9-10,15H,8H2,1-4H3. The summed E-state index contributed by atoms with van der Waals surface area (Å²) in [7, 11) is 0. The zero-order chi connectivity index (χ0) is 11.4. The molecule has 1 rings (SSSR count). The van der Waals surface area contributed by atoms with Gasteiger partial charge in [0.2, 0.25) is 0 Å². The molecule has 15 heavy (non-hydrogen) atoms. The van der Waals surface area contributed by atoms with Gasteiger partial charge in [0.05, 0.1) is 0 Å². The number of benzene rings is 1. The van der Waals surface area contributed by atoms with Gasteiger partial charge in [0, 0.05) is 17.3 Å². The minimum Gasteiger partial charge on any atom is -0.382 e. The van der Waals surface area contributed by atoms with Crippen molar-refractivity contribution in [2.24, 2.45) is 5.92 Å². The summed E-state index contributed by atoms with van der Waals surface area (Å²) in [6.07, 6.45) is 1.09. The molecule has 1 aromatic rings. The highest BCUT2D eigenvalue weighted by Crippen LogP contribution is 2.19. The van der Waals surface area contributed by atoms with Crippen LogP contribution in [0.1, 0.15) is 32.8 Å². The zero-order valence-corrected chi connectivity index (χ0v) is 9.97. The molecule has 0 aromatic heterocycles. The Balaban J connectivity index is 2.68. The van der Waals surface area contributed by atoms with E-state index in [1.165, 1.54) is 6.07 Å². The van der Waals surface area contributed by atoms with E-state index >= 15 is 0 Å². The highest BCUT2D eigenvalue weighted by atomic mass is 19.1. The van der Waals surface area contributed by atoms with Crippen LogP contribution in [0.25, 0.3) is 0 Å². The van der Waals surface area contributed by atoms with Crippen LogP contribution in [-0.4, -0.2) is 6.04 Å². The van der Waals surface area contributed by atoms with Crippen molar-refractivity contribution in [3.05, 3.63) is 29.6 Å². The zero-order valence-electron chi connectivity index (χ0n) is 9.97. The Morgan fingerprint density at radius 2 is 1.93 bits per heavy atom. The van der Waals surface area contributed by atoms with Gasteiger partial charge in [0.25, 0.3) is 0 Å². The second kappa shape index (κ2) is 5.15. The van der Waals surface area contributed by atoms with Crippen molar-refractivity contribution >= 4 is 5.69 Å². The minimum atomic E-state index is -0.142. The molecule has 0 aliphatic carbocycles. The first-order valence-corrected chi connectivity index (χ1v) is 5.52. The smallest absolute Gasteiger partial charge is 0.128 e. The van der Waals surface area contributed by atoms with Crippen LogP contribution >= 0.6 is 0 Å². The van der Waals surface area contributed by atoms with Crippen LogP contribution in [0.15, 0.2) is 18.2 Å². The van der Waals surface area contributed by atoms with Gasteiger partial charge in [-0.25, -0.2) is 4.39 Å². The van der Waals surface area contributed by atoms with Gasteiger partial charge >= 0.3 is 0 Å². The first-order chi connectivity index (χ1) is 7.00. The Hall–Kier alpha value is -1.05. The average Bonchev–Trinajstić information content (AvgIpc) is 2.11. The minimum absolute atomic E-state index is 0.142. The molecule has 1 unspecified atom stereocenters. The van der Waals surface area contributed by atoms with E-state index in [0.29, 0.717) is 17.5 Å². The van der Waals surface area contributed by atoms with Crippen LogP contribution in [0.3, 0.4) is 0 Å². The molecule has 0 bridgehead atoms. The SMILES string of the molecule is Cc1c(F)cccc1NC(C)CC(C)C. The highest BCUT2D eigenvalue weighted by molar-refractivity contribution is 5.51. The van der Waals surface area contributed by atoms with Gasteiger partial charge in [0.1, 0.15) is 5.82 Å². The maximum absolute atomic E-state index is 13.3. The first kappa shape index (κ1) is 12.0. The lowest BCUT2D eigenvalue weighted by atomic mass is 10.0. The molecule has 0 saturated carbocycles. The molecule has 1 atom stereocenters. The lowest BCUT2D eigenvalue weighted by Gasteiger charge is -2.18. The maximum atomic E-state index is 13.3. The molecule has 0 fully saturated rings. The molecule has 1 aromatic carbocycles. The highest BCUT2D eigenvalue weighted by Gasteiger charge is 2.08.